The molecule has 0 atom stereocenters. The summed E-state index contributed by atoms with van der Waals surface area (Å²) >= 11 is 5.73. The molecule has 2 N–H and O–H groups in total. The first-order valence-corrected chi connectivity index (χ1v) is 6.16. The van der Waals surface area contributed by atoms with Crippen molar-refractivity contribution >= 4 is 11.6 Å². The lowest BCUT2D eigenvalue weighted by Crippen LogP contribution is -2.47. The van der Waals surface area contributed by atoms with Crippen molar-refractivity contribution in [3.8, 4) is 0 Å². The van der Waals surface area contributed by atoms with Crippen LogP contribution >= 0.6 is 11.6 Å². The molecule has 0 saturated carbocycles. The van der Waals surface area contributed by atoms with E-state index in [1.807, 2.05) is 7.05 Å². The van der Waals surface area contributed by atoms with Gasteiger partial charge in [0, 0.05) is 12.1 Å². The molecule has 0 unspecified atom stereocenters. The molecule has 0 aromatic heterocycles. The van der Waals surface area contributed by atoms with Gasteiger partial charge in [0.15, 0.2) is 0 Å². The summed E-state index contributed by atoms with van der Waals surface area (Å²) in [4.78, 5) is 0. The van der Waals surface area contributed by atoms with Gasteiger partial charge in [0.05, 0.1) is 5.02 Å². The Kier molecular flexibility index (Phi) is 5.37. The molecule has 0 amide bonds. The van der Waals surface area contributed by atoms with E-state index in [4.69, 9.17) is 11.6 Å². The highest BCUT2D eigenvalue weighted by Crippen LogP contribution is 2.16. The number of hydrogen-bond acceptors (Lipinski definition) is 2. The van der Waals surface area contributed by atoms with Crippen molar-refractivity contribution in [2.45, 2.75) is 25.8 Å². The van der Waals surface area contributed by atoms with Crippen LogP contribution in [0, 0.1) is 5.82 Å². The Hall–Kier alpha value is -0.640. The van der Waals surface area contributed by atoms with Gasteiger partial charge in [0.1, 0.15) is 5.82 Å². The molecule has 0 saturated heterocycles. The highest BCUT2D eigenvalue weighted by molar-refractivity contribution is 6.30. The van der Waals surface area contributed by atoms with Crippen molar-refractivity contribution in [2.24, 2.45) is 0 Å². The minimum absolute atomic E-state index is 0.0541. The van der Waals surface area contributed by atoms with Gasteiger partial charge >= 0.3 is 0 Å². The molecule has 0 bridgehead atoms. The minimum Gasteiger partial charge on any atom is -0.318 e. The second-order valence-corrected chi connectivity index (χ2v) is 5.25. The van der Waals surface area contributed by atoms with Gasteiger partial charge < -0.3 is 10.6 Å². The highest BCUT2D eigenvalue weighted by Gasteiger charge is 2.14. The van der Waals surface area contributed by atoms with E-state index in [-0.39, 0.29) is 16.4 Å². The molecule has 96 valence electrons. The van der Waals surface area contributed by atoms with Gasteiger partial charge in [0.25, 0.3) is 0 Å². The van der Waals surface area contributed by atoms with Crippen LogP contribution in [0.5, 0.6) is 0 Å². The molecule has 0 aliphatic rings. The van der Waals surface area contributed by atoms with Crippen LogP contribution in [0.4, 0.5) is 4.39 Å². The summed E-state index contributed by atoms with van der Waals surface area (Å²) in [5, 5.41) is 6.77. The quantitative estimate of drug-likeness (QED) is 0.820. The number of hydrogen-bond donors (Lipinski definition) is 2. The Morgan fingerprint density at radius 1 is 1.35 bits per heavy atom. The Labute approximate surface area is 108 Å². The van der Waals surface area contributed by atoms with Crippen LogP contribution in [0.2, 0.25) is 5.02 Å². The first kappa shape index (κ1) is 14.4. The summed E-state index contributed by atoms with van der Waals surface area (Å²) in [5.41, 5.74) is 1.10. The number of rotatable bonds is 6. The maximum atomic E-state index is 13.0. The molecule has 1 aromatic carbocycles. The fourth-order valence-electron chi connectivity index (χ4n) is 1.74. The highest BCUT2D eigenvalue weighted by atomic mass is 35.5. The first-order valence-electron chi connectivity index (χ1n) is 5.78. The lowest BCUT2D eigenvalue weighted by molar-refractivity contribution is 0.378. The molecule has 0 aliphatic heterocycles. The number of halogens is 2. The van der Waals surface area contributed by atoms with Gasteiger partial charge in [0.2, 0.25) is 0 Å². The number of benzene rings is 1. The fraction of sp³-hybridized carbons (Fsp3) is 0.538. The lowest BCUT2D eigenvalue weighted by Gasteiger charge is -2.26. The predicted molar refractivity (Wildman–Crippen MR) is 71.1 cm³/mol. The second-order valence-electron chi connectivity index (χ2n) is 4.84. The maximum Gasteiger partial charge on any atom is 0.141 e. The van der Waals surface area contributed by atoms with E-state index < -0.39 is 0 Å². The summed E-state index contributed by atoms with van der Waals surface area (Å²) in [6.45, 7) is 6.02. The van der Waals surface area contributed by atoms with Crippen molar-refractivity contribution in [3.05, 3.63) is 34.6 Å². The maximum absolute atomic E-state index is 13.0. The van der Waals surface area contributed by atoms with Gasteiger partial charge in [-0.25, -0.2) is 4.39 Å². The fourth-order valence-corrected chi connectivity index (χ4v) is 1.95. The van der Waals surface area contributed by atoms with Crippen LogP contribution < -0.4 is 10.6 Å². The van der Waals surface area contributed by atoms with Crippen LogP contribution in [-0.2, 0) is 6.42 Å². The van der Waals surface area contributed by atoms with E-state index in [0.29, 0.717) is 0 Å². The molecule has 0 heterocycles. The number of nitrogens with one attached hydrogen (secondary N) is 2. The average molecular weight is 259 g/mol. The molecule has 0 radical (unpaired) electrons. The average Bonchev–Trinajstić information content (AvgIpc) is 2.23. The molecule has 1 rings (SSSR count). The van der Waals surface area contributed by atoms with Gasteiger partial charge in [-0.1, -0.05) is 17.7 Å². The SMILES string of the molecule is CNCC(C)(C)NCCc1ccc(F)c(Cl)c1. The minimum atomic E-state index is -0.362. The smallest absolute Gasteiger partial charge is 0.141 e. The summed E-state index contributed by atoms with van der Waals surface area (Å²) in [6, 6.07) is 4.87. The van der Waals surface area contributed by atoms with Gasteiger partial charge in [-0.3, -0.25) is 0 Å². The Balaban J connectivity index is 2.43. The van der Waals surface area contributed by atoms with Gasteiger partial charge in [-0.05, 0) is 51.6 Å². The Morgan fingerprint density at radius 2 is 2.06 bits per heavy atom. The molecule has 1 aromatic rings. The summed E-state index contributed by atoms with van der Waals surface area (Å²) < 4.78 is 13.0. The van der Waals surface area contributed by atoms with E-state index in [2.05, 4.69) is 24.5 Å². The number of likely N-dealkylation sites (N-methyl/N-ethyl adjacent to an activating group) is 1. The van der Waals surface area contributed by atoms with Crippen molar-refractivity contribution in [1.82, 2.24) is 10.6 Å². The van der Waals surface area contributed by atoms with Crippen molar-refractivity contribution in [3.63, 3.8) is 0 Å². The molecule has 0 fully saturated rings. The van der Waals surface area contributed by atoms with E-state index in [0.717, 1.165) is 25.1 Å². The van der Waals surface area contributed by atoms with E-state index in [9.17, 15) is 4.39 Å². The lowest BCUT2D eigenvalue weighted by atomic mass is 10.1. The molecule has 17 heavy (non-hydrogen) atoms. The zero-order valence-corrected chi connectivity index (χ0v) is 11.4. The molecular formula is C13H20ClFN2. The van der Waals surface area contributed by atoms with Gasteiger partial charge in [-0.2, -0.15) is 0 Å². The summed E-state index contributed by atoms with van der Waals surface area (Å²) in [5.74, 6) is -0.362. The molecule has 0 spiro atoms. The molecule has 0 aliphatic carbocycles. The van der Waals surface area contributed by atoms with Crippen LogP contribution in [0.3, 0.4) is 0 Å². The van der Waals surface area contributed by atoms with Crippen LogP contribution in [-0.4, -0.2) is 25.7 Å². The van der Waals surface area contributed by atoms with E-state index >= 15 is 0 Å². The van der Waals surface area contributed by atoms with Crippen molar-refractivity contribution < 1.29 is 4.39 Å². The monoisotopic (exact) mass is 258 g/mol. The predicted octanol–water partition coefficient (Wildman–Crippen LogP) is 2.61. The van der Waals surface area contributed by atoms with Crippen LogP contribution in [0.15, 0.2) is 18.2 Å². The third kappa shape index (κ3) is 5.02. The largest absolute Gasteiger partial charge is 0.318 e. The van der Waals surface area contributed by atoms with Crippen molar-refractivity contribution in [1.29, 1.82) is 0 Å². The molecule has 4 heteroatoms. The van der Waals surface area contributed by atoms with Crippen LogP contribution in [0.25, 0.3) is 0 Å². The van der Waals surface area contributed by atoms with E-state index in [1.54, 1.807) is 12.1 Å². The second kappa shape index (κ2) is 6.34. The molecular weight excluding hydrogens is 239 g/mol. The zero-order chi connectivity index (χ0) is 12.9. The zero-order valence-electron chi connectivity index (χ0n) is 10.6. The standard InChI is InChI=1S/C13H20ClFN2/c1-13(2,9-16-3)17-7-6-10-4-5-12(15)11(14)8-10/h4-5,8,16-17H,6-7,9H2,1-3H3. The first-order chi connectivity index (χ1) is 7.94. The van der Waals surface area contributed by atoms with E-state index in [1.165, 1.54) is 6.07 Å². The third-order valence-corrected chi connectivity index (χ3v) is 2.91. The topological polar surface area (TPSA) is 24.1 Å². The van der Waals surface area contributed by atoms with Gasteiger partial charge in [-0.15, -0.1) is 0 Å². The third-order valence-electron chi connectivity index (χ3n) is 2.62. The van der Waals surface area contributed by atoms with Crippen molar-refractivity contribution in [2.75, 3.05) is 20.1 Å². The normalized spacial score (nSPS) is 11.8. The summed E-state index contributed by atoms with van der Waals surface area (Å²) in [6.07, 6.45) is 0.840. The Bertz CT molecular complexity index is 366. The Morgan fingerprint density at radius 3 is 2.65 bits per heavy atom. The van der Waals surface area contributed by atoms with Crippen LogP contribution in [0.1, 0.15) is 19.4 Å². The summed E-state index contributed by atoms with van der Waals surface area (Å²) in [7, 11) is 1.93. The molecule has 2 nitrogen and oxygen atoms in total.